The van der Waals surface area contributed by atoms with E-state index in [9.17, 15) is 8.42 Å². The van der Waals surface area contributed by atoms with E-state index >= 15 is 0 Å². The molecule has 1 aromatic carbocycles. The molecule has 0 aromatic heterocycles. The topological polar surface area (TPSA) is 72.2 Å². The number of rotatable bonds is 7. The monoisotopic (exact) mass is 324 g/mol. The van der Waals surface area contributed by atoms with Gasteiger partial charge in [-0.1, -0.05) is 30.4 Å². The third kappa shape index (κ3) is 3.44. The number of hydrogen-bond donors (Lipinski definition) is 2. The average Bonchev–Trinajstić information content (AvgIpc) is 3.32. The van der Waals surface area contributed by atoms with Gasteiger partial charge in [0.2, 0.25) is 10.0 Å². The first-order chi connectivity index (χ1) is 9.99. The molecule has 0 radical (unpaired) electrons. The molecule has 0 aliphatic heterocycles. The summed E-state index contributed by atoms with van der Waals surface area (Å²) in [4.78, 5) is 0.291. The quantitative estimate of drug-likeness (QED) is 0.753. The molecule has 0 heterocycles. The molecule has 2 fully saturated rings. The van der Waals surface area contributed by atoms with E-state index in [1.54, 1.807) is 24.3 Å². The molecule has 0 unspecified atom stereocenters. The predicted octanol–water partition coefficient (Wildman–Crippen LogP) is 2.04. The highest BCUT2D eigenvalue weighted by Gasteiger charge is 2.41. The van der Waals surface area contributed by atoms with Crippen molar-refractivity contribution in [3.05, 3.63) is 29.8 Å². The SMILES string of the molecule is NC(=S)c1ccccc1S(=O)(=O)NCC(C1CC1)C1CC1. The zero-order chi connectivity index (χ0) is 15.0. The van der Waals surface area contributed by atoms with Crippen molar-refractivity contribution in [3.8, 4) is 0 Å². The minimum absolute atomic E-state index is 0.108. The first kappa shape index (κ1) is 14.9. The Balaban J connectivity index is 1.76. The Hall–Kier alpha value is -0.980. The van der Waals surface area contributed by atoms with E-state index in [0.717, 1.165) is 0 Å². The Bertz CT molecular complexity index is 637. The van der Waals surface area contributed by atoms with Crippen molar-refractivity contribution in [2.45, 2.75) is 30.6 Å². The highest BCUT2D eigenvalue weighted by Crippen LogP contribution is 2.48. The van der Waals surface area contributed by atoms with Gasteiger partial charge >= 0.3 is 0 Å². The van der Waals surface area contributed by atoms with Crippen molar-refractivity contribution in [1.29, 1.82) is 0 Å². The molecule has 114 valence electrons. The van der Waals surface area contributed by atoms with Crippen LogP contribution in [0.2, 0.25) is 0 Å². The summed E-state index contributed by atoms with van der Waals surface area (Å²) in [6.45, 7) is 0.531. The Morgan fingerprint density at radius 1 is 1.24 bits per heavy atom. The zero-order valence-corrected chi connectivity index (χ0v) is 13.4. The molecule has 3 N–H and O–H groups in total. The third-order valence-electron chi connectivity index (χ3n) is 4.41. The molecule has 21 heavy (non-hydrogen) atoms. The fourth-order valence-corrected chi connectivity index (χ4v) is 4.49. The Labute approximate surface area is 131 Å². The molecule has 0 atom stereocenters. The van der Waals surface area contributed by atoms with E-state index < -0.39 is 10.0 Å². The third-order valence-corrected chi connectivity index (χ3v) is 6.11. The van der Waals surface area contributed by atoms with Gasteiger partial charge in [0.25, 0.3) is 0 Å². The minimum Gasteiger partial charge on any atom is -0.389 e. The van der Waals surface area contributed by atoms with Gasteiger partial charge in [-0.15, -0.1) is 0 Å². The van der Waals surface area contributed by atoms with Gasteiger partial charge in [-0.25, -0.2) is 13.1 Å². The van der Waals surface area contributed by atoms with Gasteiger partial charge in [0.1, 0.15) is 4.99 Å². The molecule has 2 aliphatic rings. The maximum Gasteiger partial charge on any atom is 0.241 e. The van der Waals surface area contributed by atoms with E-state index in [0.29, 0.717) is 29.9 Å². The zero-order valence-electron chi connectivity index (χ0n) is 11.8. The molecule has 0 amide bonds. The van der Waals surface area contributed by atoms with E-state index in [-0.39, 0.29) is 9.88 Å². The molecule has 2 aliphatic carbocycles. The van der Waals surface area contributed by atoms with Crippen molar-refractivity contribution < 1.29 is 8.42 Å². The lowest BCUT2D eigenvalue weighted by molar-refractivity contribution is 0.401. The number of nitrogens with two attached hydrogens (primary N) is 1. The van der Waals surface area contributed by atoms with E-state index in [1.807, 2.05) is 0 Å². The summed E-state index contributed by atoms with van der Waals surface area (Å²) in [5.41, 5.74) is 6.03. The molecule has 0 spiro atoms. The number of nitrogens with one attached hydrogen (secondary N) is 1. The van der Waals surface area contributed by atoms with Gasteiger partial charge in [-0.05, 0) is 49.5 Å². The van der Waals surface area contributed by atoms with Gasteiger partial charge in [0, 0.05) is 12.1 Å². The molecular formula is C15H20N2O2S2. The van der Waals surface area contributed by atoms with Crippen molar-refractivity contribution in [2.75, 3.05) is 6.54 Å². The minimum atomic E-state index is -3.56. The number of thiocarbonyl (C=S) groups is 1. The summed E-state index contributed by atoms with van der Waals surface area (Å²) >= 11 is 4.94. The smallest absolute Gasteiger partial charge is 0.241 e. The fraction of sp³-hybridized carbons (Fsp3) is 0.533. The second-order valence-electron chi connectivity index (χ2n) is 6.05. The molecule has 2 saturated carbocycles. The van der Waals surface area contributed by atoms with Crippen LogP contribution in [-0.2, 0) is 10.0 Å². The van der Waals surface area contributed by atoms with Gasteiger partial charge in [0.15, 0.2) is 0 Å². The maximum absolute atomic E-state index is 12.5. The van der Waals surface area contributed by atoms with Crippen LogP contribution in [0, 0.1) is 17.8 Å². The van der Waals surface area contributed by atoms with E-state index in [4.69, 9.17) is 18.0 Å². The standard InChI is InChI=1S/C15H20N2O2S2/c16-15(20)12-3-1-2-4-14(12)21(18,19)17-9-13(10-5-6-10)11-7-8-11/h1-4,10-11,13,17H,5-9H2,(H2,16,20). The number of hydrogen-bond acceptors (Lipinski definition) is 3. The molecule has 1 aromatic rings. The highest BCUT2D eigenvalue weighted by atomic mass is 32.2. The van der Waals surface area contributed by atoms with Crippen LogP contribution in [0.15, 0.2) is 29.2 Å². The second kappa shape index (κ2) is 5.66. The second-order valence-corrected chi connectivity index (χ2v) is 8.23. The molecule has 6 heteroatoms. The van der Waals surface area contributed by atoms with Crippen LogP contribution in [0.5, 0.6) is 0 Å². The normalized spacial score (nSPS) is 18.9. The van der Waals surface area contributed by atoms with Crippen LogP contribution in [0.1, 0.15) is 31.2 Å². The number of sulfonamides is 1. The maximum atomic E-state index is 12.5. The van der Waals surface area contributed by atoms with Crippen LogP contribution < -0.4 is 10.5 Å². The lowest BCUT2D eigenvalue weighted by Crippen LogP contribution is -2.32. The Morgan fingerprint density at radius 2 is 1.81 bits per heavy atom. The van der Waals surface area contributed by atoms with Crippen LogP contribution in [0.25, 0.3) is 0 Å². The summed E-state index contributed by atoms with van der Waals surface area (Å²) in [6.07, 6.45) is 4.97. The Morgan fingerprint density at radius 3 is 2.33 bits per heavy atom. The van der Waals surface area contributed by atoms with Crippen molar-refractivity contribution in [1.82, 2.24) is 4.72 Å². The van der Waals surface area contributed by atoms with Gasteiger partial charge in [-0.3, -0.25) is 0 Å². The van der Waals surface area contributed by atoms with Crippen LogP contribution in [0.4, 0.5) is 0 Å². The summed E-state index contributed by atoms with van der Waals surface area (Å²) in [6, 6.07) is 6.64. The molecule has 0 saturated heterocycles. The molecule has 0 bridgehead atoms. The average molecular weight is 324 g/mol. The van der Waals surface area contributed by atoms with Crippen molar-refractivity contribution in [3.63, 3.8) is 0 Å². The van der Waals surface area contributed by atoms with Crippen molar-refractivity contribution in [2.24, 2.45) is 23.5 Å². The predicted molar refractivity (Wildman–Crippen MR) is 86.5 cm³/mol. The lowest BCUT2D eigenvalue weighted by atomic mass is 9.99. The summed E-state index contributed by atoms with van der Waals surface area (Å²) in [5, 5.41) is 0. The summed E-state index contributed by atoms with van der Waals surface area (Å²) < 4.78 is 27.8. The largest absolute Gasteiger partial charge is 0.389 e. The number of benzene rings is 1. The first-order valence-electron chi connectivity index (χ1n) is 7.37. The molecule has 3 rings (SSSR count). The van der Waals surface area contributed by atoms with Gasteiger partial charge in [-0.2, -0.15) is 0 Å². The Kier molecular flexibility index (Phi) is 4.03. The van der Waals surface area contributed by atoms with Gasteiger partial charge in [0.05, 0.1) is 4.90 Å². The van der Waals surface area contributed by atoms with Gasteiger partial charge < -0.3 is 5.73 Å². The summed E-state index contributed by atoms with van der Waals surface area (Å²) in [7, 11) is -3.56. The molecule has 4 nitrogen and oxygen atoms in total. The van der Waals surface area contributed by atoms with E-state index in [1.165, 1.54) is 25.7 Å². The lowest BCUT2D eigenvalue weighted by Gasteiger charge is -2.17. The highest BCUT2D eigenvalue weighted by molar-refractivity contribution is 7.89. The van der Waals surface area contributed by atoms with Crippen LogP contribution in [0.3, 0.4) is 0 Å². The van der Waals surface area contributed by atoms with E-state index in [2.05, 4.69) is 4.72 Å². The first-order valence-corrected chi connectivity index (χ1v) is 9.26. The van der Waals surface area contributed by atoms with Crippen LogP contribution >= 0.6 is 12.2 Å². The van der Waals surface area contributed by atoms with Crippen LogP contribution in [-0.4, -0.2) is 20.0 Å². The fourth-order valence-electron chi connectivity index (χ4n) is 2.96. The summed E-state index contributed by atoms with van der Waals surface area (Å²) in [5.74, 6) is 1.92. The molecular weight excluding hydrogens is 304 g/mol. The van der Waals surface area contributed by atoms with Crippen molar-refractivity contribution >= 4 is 27.2 Å².